The molecule has 0 aliphatic carbocycles. The number of ketones is 1. The minimum absolute atomic E-state index is 0.0499. The first kappa shape index (κ1) is 22.7. The van der Waals surface area contributed by atoms with Gasteiger partial charge >= 0.3 is 6.09 Å². The molecule has 0 aromatic heterocycles. The maximum atomic E-state index is 13.1. The minimum Gasteiger partial charge on any atom is -0.482 e. The number of carbonyl (C=O) groups excluding carboxylic acids is 3. The molecule has 3 rings (SSSR count). The van der Waals surface area contributed by atoms with Crippen LogP contribution in [0.15, 0.2) is 54.3 Å². The molecule has 8 heteroatoms. The fourth-order valence-electron chi connectivity index (χ4n) is 3.61. The lowest BCUT2D eigenvalue weighted by atomic mass is 9.95. The summed E-state index contributed by atoms with van der Waals surface area (Å²) in [6.45, 7) is 3.91. The number of nitrogens with zero attached hydrogens (tertiary/aromatic N) is 1. The molecule has 0 saturated carbocycles. The van der Waals surface area contributed by atoms with Crippen molar-refractivity contribution >= 4 is 17.8 Å². The van der Waals surface area contributed by atoms with Crippen LogP contribution in [0.3, 0.4) is 0 Å². The molecule has 4 atom stereocenters. The molecule has 0 radical (unpaired) electrons. The molecular formula is C23H27NO7. The standard InChI is InChI=1S/C23H27NO7/c1-15(20-19(26)11-10-18(30-20)9-6-13-29-14-12-25)22(27)24-16(2)21(31-23(24)28)17-7-4-3-5-8-17/h3-5,7-11,15-16,20-21,25H,6,12-14H2,1-2H3/t15-,16-,20-,21-/m0/s1. The van der Waals surface area contributed by atoms with Gasteiger partial charge in [-0.15, -0.1) is 0 Å². The third kappa shape index (κ3) is 5.21. The summed E-state index contributed by atoms with van der Waals surface area (Å²) in [7, 11) is 0. The van der Waals surface area contributed by atoms with Crippen LogP contribution in [0.2, 0.25) is 0 Å². The molecule has 1 saturated heterocycles. The predicted molar refractivity (Wildman–Crippen MR) is 111 cm³/mol. The van der Waals surface area contributed by atoms with Crippen LogP contribution in [0.4, 0.5) is 4.79 Å². The Hall–Kier alpha value is -2.97. The molecule has 8 nitrogen and oxygen atoms in total. The highest BCUT2D eigenvalue weighted by atomic mass is 16.6. The first-order chi connectivity index (χ1) is 14.9. The van der Waals surface area contributed by atoms with Crippen molar-refractivity contribution in [3.8, 4) is 0 Å². The van der Waals surface area contributed by atoms with Gasteiger partial charge in [-0.3, -0.25) is 9.59 Å². The van der Waals surface area contributed by atoms with E-state index < -0.39 is 36.2 Å². The quantitative estimate of drug-likeness (QED) is 0.634. The number of aliphatic hydroxyl groups excluding tert-OH is 1. The summed E-state index contributed by atoms with van der Waals surface area (Å²) in [5.74, 6) is -1.28. The largest absolute Gasteiger partial charge is 0.482 e. The highest BCUT2D eigenvalue weighted by Gasteiger charge is 2.47. The molecule has 2 aliphatic heterocycles. The van der Waals surface area contributed by atoms with Gasteiger partial charge in [-0.1, -0.05) is 30.3 Å². The zero-order valence-electron chi connectivity index (χ0n) is 17.6. The molecule has 1 N–H and O–H groups in total. The lowest BCUT2D eigenvalue weighted by Crippen LogP contribution is -2.47. The highest BCUT2D eigenvalue weighted by Crippen LogP contribution is 2.34. The average molecular weight is 429 g/mol. The maximum Gasteiger partial charge on any atom is 0.417 e. The Labute approximate surface area is 181 Å². The second-order valence-electron chi connectivity index (χ2n) is 7.46. The van der Waals surface area contributed by atoms with Crippen molar-refractivity contribution in [2.75, 3.05) is 19.8 Å². The van der Waals surface area contributed by atoms with Gasteiger partial charge in [-0.05, 0) is 44.1 Å². The Morgan fingerprint density at radius 1 is 1.19 bits per heavy atom. The van der Waals surface area contributed by atoms with E-state index in [4.69, 9.17) is 19.3 Å². The summed E-state index contributed by atoms with van der Waals surface area (Å²) in [4.78, 5) is 39.1. The van der Waals surface area contributed by atoms with E-state index in [9.17, 15) is 14.4 Å². The van der Waals surface area contributed by atoms with Crippen LogP contribution >= 0.6 is 0 Å². The van der Waals surface area contributed by atoms with Crippen molar-refractivity contribution in [2.45, 2.75) is 38.5 Å². The zero-order valence-corrected chi connectivity index (χ0v) is 17.6. The number of imide groups is 1. The first-order valence-corrected chi connectivity index (χ1v) is 10.3. The molecule has 2 heterocycles. The third-order valence-corrected chi connectivity index (χ3v) is 5.28. The number of ether oxygens (including phenoxy) is 3. The van der Waals surface area contributed by atoms with E-state index in [1.54, 1.807) is 26.0 Å². The maximum absolute atomic E-state index is 13.1. The normalized spacial score (nSPS) is 25.5. The van der Waals surface area contributed by atoms with E-state index in [0.717, 1.165) is 10.5 Å². The van der Waals surface area contributed by atoms with Gasteiger partial charge in [0.25, 0.3) is 0 Å². The van der Waals surface area contributed by atoms with E-state index >= 15 is 0 Å². The number of benzene rings is 1. The lowest BCUT2D eigenvalue weighted by Gasteiger charge is -2.28. The number of hydrogen-bond acceptors (Lipinski definition) is 7. The molecule has 1 aromatic rings. The molecule has 0 bridgehead atoms. The fraction of sp³-hybridized carbons (Fsp3) is 0.435. The van der Waals surface area contributed by atoms with Crippen molar-refractivity contribution in [2.24, 2.45) is 5.92 Å². The molecule has 2 aliphatic rings. The zero-order chi connectivity index (χ0) is 22.4. The Morgan fingerprint density at radius 2 is 1.94 bits per heavy atom. The summed E-state index contributed by atoms with van der Waals surface area (Å²) in [5, 5.41) is 8.72. The molecule has 31 heavy (non-hydrogen) atoms. The Balaban J connectivity index is 1.67. The molecule has 1 fully saturated rings. The topological polar surface area (TPSA) is 102 Å². The van der Waals surface area contributed by atoms with Crippen LogP contribution in [0.1, 0.15) is 31.9 Å². The molecule has 166 valence electrons. The van der Waals surface area contributed by atoms with Crippen LogP contribution in [0.25, 0.3) is 0 Å². The van der Waals surface area contributed by atoms with Gasteiger partial charge in [0, 0.05) is 0 Å². The third-order valence-electron chi connectivity index (χ3n) is 5.28. The SMILES string of the molecule is C[C@H](C(=O)N1C(=O)O[C@H](c2ccccc2)[C@@H]1C)[C@@H]1OC(=CCCOCCO)C=CC1=O. The van der Waals surface area contributed by atoms with Gasteiger partial charge in [0.2, 0.25) is 5.91 Å². The summed E-state index contributed by atoms with van der Waals surface area (Å²) in [6, 6.07) is 8.70. The fourth-order valence-corrected chi connectivity index (χ4v) is 3.61. The van der Waals surface area contributed by atoms with Gasteiger partial charge in [-0.25, -0.2) is 9.69 Å². The number of carbonyl (C=O) groups is 3. The monoisotopic (exact) mass is 429 g/mol. The van der Waals surface area contributed by atoms with E-state index in [2.05, 4.69) is 0 Å². The van der Waals surface area contributed by atoms with Gasteiger partial charge in [0.15, 0.2) is 11.9 Å². The van der Waals surface area contributed by atoms with Crippen molar-refractivity contribution in [3.05, 3.63) is 59.9 Å². The van der Waals surface area contributed by atoms with Gasteiger partial charge in [0.05, 0.1) is 31.8 Å². The Bertz CT molecular complexity index is 864. The van der Waals surface area contributed by atoms with Crippen LogP contribution in [0, 0.1) is 5.92 Å². The van der Waals surface area contributed by atoms with Gasteiger partial charge in [0.1, 0.15) is 11.9 Å². The molecule has 1 aromatic carbocycles. The first-order valence-electron chi connectivity index (χ1n) is 10.3. The second-order valence-corrected chi connectivity index (χ2v) is 7.46. The molecular weight excluding hydrogens is 402 g/mol. The smallest absolute Gasteiger partial charge is 0.417 e. The van der Waals surface area contributed by atoms with E-state index in [-0.39, 0.29) is 19.0 Å². The number of cyclic esters (lactones) is 1. The summed E-state index contributed by atoms with van der Waals surface area (Å²) in [6.07, 6.45) is 2.87. The summed E-state index contributed by atoms with van der Waals surface area (Å²) < 4.78 is 16.4. The second kappa shape index (κ2) is 10.4. The average Bonchev–Trinajstić information content (AvgIpc) is 3.08. The molecule has 2 amide bonds. The molecule has 0 spiro atoms. The van der Waals surface area contributed by atoms with Crippen LogP contribution < -0.4 is 0 Å². The number of allylic oxidation sites excluding steroid dienone is 1. The minimum atomic E-state index is -1.03. The molecule has 0 unspecified atom stereocenters. The van der Waals surface area contributed by atoms with Crippen molar-refractivity contribution in [1.29, 1.82) is 0 Å². The van der Waals surface area contributed by atoms with Crippen molar-refractivity contribution in [1.82, 2.24) is 4.90 Å². The summed E-state index contributed by atoms with van der Waals surface area (Å²) >= 11 is 0. The predicted octanol–water partition coefficient (Wildman–Crippen LogP) is 2.54. The Kier molecular flexibility index (Phi) is 7.59. The summed E-state index contributed by atoms with van der Waals surface area (Å²) in [5.41, 5.74) is 0.799. The lowest BCUT2D eigenvalue weighted by molar-refractivity contribution is -0.142. The van der Waals surface area contributed by atoms with Crippen molar-refractivity contribution in [3.63, 3.8) is 0 Å². The number of hydrogen-bond donors (Lipinski definition) is 1. The number of rotatable bonds is 8. The van der Waals surface area contributed by atoms with Crippen LogP contribution in [-0.4, -0.2) is 59.8 Å². The van der Waals surface area contributed by atoms with Crippen LogP contribution in [-0.2, 0) is 23.8 Å². The Morgan fingerprint density at radius 3 is 2.65 bits per heavy atom. The number of amides is 2. The van der Waals surface area contributed by atoms with E-state index in [1.165, 1.54) is 6.08 Å². The van der Waals surface area contributed by atoms with Gasteiger partial charge < -0.3 is 19.3 Å². The van der Waals surface area contributed by atoms with Gasteiger partial charge in [-0.2, -0.15) is 0 Å². The number of aliphatic hydroxyl groups is 1. The van der Waals surface area contributed by atoms with E-state index in [1.807, 2.05) is 30.3 Å². The van der Waals surface area contributed by atoms with E-state index in [0.29, 0.717) is 18.8 Å². The highest BCUT2D eigenvalue weighted by molar-refractivity contribution is 6.01. The van der Waals surface area contributed by atoms with Crippen molar-refractivity contribution < 1.29 is 33.7 Å². The van der Waals surface area contributed by atoms with Crippen LogP contribution in [0.5, 0.6) is 0 Å².